The third-order valence-electron chi connectivity index (χ3n) is 4.77. The first kappa shape index (κ1) is 14.0. The topological polar surface area (TPSA) is 75.5 Å². The molecule has 1 aromatic carbocycles. The lowest BCUT2D eigenvalue weighted by molar-refractivity contribution is -0.384. The van der Waals surface area contributed by atoms with Crippen molar-refractivity contribution < 1.29 is 9.72 Å². The van der Waals surface area contributed by atoms with Crippen LogP contribution < -0.4 is 5.32 Å². The summed E-state index contributed by atoms with van der Waals surface area (Å²) in [4.78, 5) is 24.5. The highest BCUT2D eigenvalue weighted by Gasteiger charge is 2.38. The van der Waals surface area contributed by atoms with Gasteiger partial charge in [0, 0.05) is 37.3 Å². The van der Waals surface area contributed by atoms with E-state index in [1.807, 2.05) is 4.90 Å². The number of carbonyl (C=O) groups excluding carboxylic acids is 1. The molecule has 0 unspecified atom stereocenters. The Morgan fingerprint density at radius 2 is 1.86 bits per heavy atom. The molecule has 0 atom stereocenters. The monoisotopic (exact) mass is 289 g/mol. The van der Waals surface area contributed by atoms with Gasteiger partial charge in [-0.3, -0.25) is 14.9 Å². The average Bonchev–Trinajstić information content (AvgIpc) is 2.96. The number of amides is 1. The number of piperidine rings is 1. The summed E-state index contributed by atoms with van der Waals surface area (Å²) in [5.74, 6) is -0.0225. The molecule has 1 amide bonds. The van der Waals surface area contributed by atoms with E-state index in [9.17, 15) is 14.9 Å². The number of hydrogen-bond donors (Lipinski definition) is 1. The largest absolute Gasteiger partial charge is 0.339 e. The van der Waals surface area contributed by atoms with Gasteiger partial charge in [0.25, 0.3) is 11.6 Å². The number of nitrogens with one attached hydrogen (secondary N) is 1. The fraction of sp³-hybridized carbons (Fsp3) is 0.533. The zero-order chi connectivity index (χ0) is 14.9. The van der Waals surface area contributed by atoms with Gasteiger partial charge >= 0.3 is 0 Å². The van der Waals surface area contributed by atoms with Crippen LogP contribution in [0.3, 0.4) is 0 Å². The van der Waals surface area contributed by atoms with Gasteiger partial charge in [0.05, 0.1) is 4.92 Å². The number of hydrogen-bond acceptors (Lipinski definition) is 4. The number of nitrogens with zero attached hydrogens (tertiary/aromatic N) is 2. The van der Waals surface area contributed by atoms with E-state index in [2.05, 4.69) is 5.32 Å². The zero-order valence-corrected chi connectivity index (χ0v) is 11.9. The molecule has 0 aliphatic carbocycles. The minimum absolute atomic E-state index is 0.0150. The van der Waals surface area contributed by atoms with E-state index >= 15 is 0 Å². The van der Waals surface area contributed by atoms with Crippen molar-refractivity contribution in [2.75, 3.05) is 26.2 Å². The molecule has 3 rings (SSSR count). The normalized spacial score (nSPS) is 20.7. The molecule has 21 heavy (non-hydrogen) atoms. The van der Waals surface area contributed by atoms with Crippen LogP contribution in [0.4, 0.5) is 5.69 Å². The molecule has 2 saturated heterocycles. The molecule has 1 N–H and O–H groups in total. The van der Waals surface area contributed by atoms with Crippen LogP contribution in [0, 0.1) is 15.5 Å². The quantitative estimate of drug-likeness (QED) is 0.665. The van der Waals surface area contributed by atoms with Gasteiger partial charge in [-0.25, -0.2) is 0 Å². The van der Waals surface area contributed by atoms with Crippen molar-refractivity contribution >= 4 is 11.6 Å². The highest BCUT2D eigenvalue weighted by atomic mass is 16.6. The van der Waals surface area contributed by atoms with E-state index in [1.54, 1.807) is 12.1 Å². The van der Waals surface area contributed by atoms with Crippen LogP contribution in [0.1, 0.15) is 29.6 Å². The molecule has 2 heterocycles. The Bertz CT molecular complexity index is 540. The smallest absolute Gasteiger partial charge is 0.269 e. The highest BCUT2D eigenvalue weighted by Crippen LogP contribution is 2.37. The molecule has 6 nitrogen and oxygen atoms in total. The molecular weight excluding hydrogens is 270 g/mol. The first-order valence-electron chi connectivity index (χ1n) is 7.34. The maximum Gasteiger partial charge on any atom is 0.269 e. The minimum Gasteiger partial charge on any atom is -0.339 e. The Balaban J connectivity index is 1.64. The summed E-state index contributed by atoms with van der Waals surface area (Å²) in [5, 5.41) is 14.0. The number of likely N-dealkylation sites (tertiary alicyclic amines) is 1. The number of non-ortho nitro benzene ring substituents is 1. The van der Waals surface area contributed by atoms with Gasteiger partial charge in [-0.15, -0.1) is 0 Å². The molecule has 0 saturated carbocycles. The lowest BCUT2D eigenvalue weighted by Crippen LogP contribution is -2.44. The second-order valence-electron chi connectivity index (χ2n) is 6.02. The van der Waals surface area contributed by atoms with Crippen molar-refractivity contribution in [2.45, 2.75) is 19.3 Å². The predicted octanol–water partition coefficient (Wildman–Crippen LogP) is 1.81. The molecule has 0 bridgehead atoms. The summed E-state index contributed by atoms with van der Waals surface area (Å²) in [6, 6.07) is 5.86. The number of carbonyl (C=O) groups is 1. The summed E-state index contributed by atoms with van der Waals surface area (Å²) in [6.45, 7) is 3.69. The average molecular weight is 289 g/mol. The van der Waals surface area contributed by atoms with Crippen molar-refractivity contribution in [1.29, 1.82) is 0 Å². The Labute approximate surface area is 123 Å². The van der Waals surface area contributed by atoms with Gasteiger partial charge in [0.2, 0.25) is 0 Å². The minimum atomic E-state index is -0.452. The summed E-state index contributed by atoms with van der Waals surface area (Å²) >= 11 is 0. The van der Waals surface area contributed by atoms with Crippen LogP contribution >= 0.6 is 0 Å². The van der Waals surface area contributed by atoms with Crippen molar-refractivity contribution in [3.63, 3.8) is 0 Å². The molecule has 0 radical (unpaired) electrons. The van der Waals surface area contributed by atoms with Crippen LogP contribution in [0.25, 0.3) is 0 Å². The molecule has 0 aromatic heterocycles. The van der Waals surface area contributed by atoms with Gasteiger partial charge in [-0.2, -0.15) is 0 Å². The molecule has 112 valence electrons. The fourth-order valence-corrected chi connectivity index (χ4v) is 3.31. The van der Waals surface area contributed by atoms with E-state index in [-0.39, 0.29) is 11.6 Å². The number of nitro benzene ring substituents is 1. The molecule has 2 fully saturated rings. The molecule has 2 aliphatic heterocycles. The van der Waals surface area contributed by atoms with Crippen LogP contribution in [-0.2, 0) is 0 Å². The van der Waals surface area contributed by atoms with E-state index in [0.717, 1.165) is 39.0 Å². The summed E-state index contributed by atoms with van der Waals surface area (Å²) in [7, 11) is 0. The number of benzene rings is 1. The molecular formula is C15H19N3O3. The van der Waals surface area contributed by atoms with Gasteiger partial charge < -0.3 is 10.2 Å². The highest BCUT2D eigenvalue weighted by molar-refractivity contribution is 5.94. The molecule has 2 aliphatic rings. The van der Waals surface area contributed by atoms with Crippen molar-refractivity contribution in [3.8, 4) is 0 Å². The van der Waals surface area contributed by atoms with Gasteiger partial charge in [-0.1, -0.05) is 0 Å². The van der Waals surface area contributed by atoms with Crippen LogP contribution in [0.5, 0.6) is 0 Å². The predicted molar refractivity (Wildman–Crippen MR) is 78.2 cm³/mol. The first-order valence-corrected chi connectivity index (χ1v) is 7.34. The van der Waals surface area contributed by atoms with Crippen molar-refractivity contribution in [1.82, 2.24) is 10.2 Å². The second-order valence-corrected chi connectivity index (χ2v) is 6.02. The van der Waals surface area contributed by atoms with Crippen molar-refractivity contribution in [2.24, 2.45) is 5.41 Å². The third-order valence-corrected chi connectivity index (χ3v) is 4.77. The van der Waals surface area contributed by atoms with Gasteiger partial charge in [0.15, 0.2) is 0 Å². The Morgan fingerprint density at radius 3 is 2.38 bits per heavy atom. The molecule has 6 heteroatoms. The number of rotatable bonds is 2. The van der Waals surface area contributed by atoms with E-state index in [4.69, 9.17) is 0 Å². The zero-order valence-electron chi connectivity index (χ0n) is 11.9. The van der Waals surface area contributed by atoms with Crippen LogP contribution in [0.15, 0.2) is 24.3 Å². The van der Waals surface area contributed by atoms with Gasteiger partial charge in [0.1, 0.15) is 0 Å². The standard InChI is InChI=1S/C15H19N3O3/c19-14(12-1-3-13(4-2-12)18(20)21)17-9-6-15(7-10-17)5-8-16-11-15/h1-4,16H,5-11H2. The van der Waals surface area contributed by atoms with E-state index in [1.165, 1.54) is 18.6 Å². The maximum atomic E-state index is 12.4. The van der Waals surface area contributed by atoms with Crippen molar-refractivity contribution in [3.05, 3.63) is 39.9 Å². The fourth-order valence-electron chi connectivity index (χ4n) is 3.31. The molecule has 1 spiro atoms. The lowest BCUT2D eigenvalue weighted by Gasteiger charge is -2.38. The number of nitro groups is 1. The Kier molecular flexibility index (Phi) is 3.63. The first-order chi connectivity index (χ1) is 10.1. The lowest BCUT2D eigenvalue weighted by atomic mass is 9.78. The van der Waals surface area contributed by atoms with E-state index < -0.39 is 4.92 Å². The Hall–Kier alpha value is -1.95. The summed E-state index contributed by atoms with van der Waals surface area (Å²) < 4.78 is 0. The summed E-state index contributed by atoms with van der Waals surface area (Å²) in [6.07, 6.45) is 3.28. The van der Waals surface area contributed by atoms with Crippen LogP contribution in [0.2, 0.25) is 0 Å². The third kappa shape index (κ3) is 2.76. The molecule has 1 aromatic rings. The SMILES string of the molecule is O=C(c1ccc([N+](=O)[O-])cc1)N1CCC2(CCNC2)CC1. The second kappa shape index (κ2) is 5.44. The Morgan fingerprint density at radius 1 is 1.19 bits per heavy atom. The van der Waals surface area contributed by atoms with Crippen LogP contribution in [-0.4, -0.2) is 41.9 Å². The summed E-state index contributed by atoms with van der Waals surface area (Å²) in [5.41, 5.74) is 0.925. The van der Waals surface area contributed by atoms with Gasteiger partial charge in [-0.05, 0) is 43.4 Å². The maximum absolute atomic E-state index is 12.4. The van der Waals surface area contributed by atoms with E-state index in [0.29, 0.717) is 11.0 Å².